The molecule has 3 aliphatic rings. The predicted molar refractivity (Wildman–Crippen MR) is 132 cm³/mol. The minimum absolute atomic E-state index is 0.00836. The van der Waals surface area contributed by atoms with Gasteiger partial charge < -0.3 is 15.8 Å². The van der Waals surface area contributed by atoms with Gasteiger partial charge in [0.15, 0.2) is 5.78 Å². The summed E-state index contributed by atoms with van der Waals surface area (Å²) < 4.78 is 5.89. The van der Waals surface area contributed by atoms with Gasteiger partial charge >= 0.3 is 5.97 Å². The largest absolute Gasteiger partial charge is 0.466 e. The number of carbonyl (C=O) groups excluding carboxylic acids is 3. The summed E-state index contributed by atoms with van der Waals surface area (Å²) in [4.78, 5) is 42.4. The molecule has 9 heteroatoms. The zero-order valence-corrected chi connectivity index (χ0v) is 20.8. The number of ether oxygens (including phenoxy) is 1. The van der Waals surface area contributed by atoms with Crippen LogP contribution in [-0.4, -0.2) is 24.8 Å². The van der Waals surface area contributed by atoms with Crippen LogP contribution in [0.1, 0.15) is 30.4 Å². The number of allylic oxidation sites excluding steroid dienone is 1. The van der Waals surface area contributed by atoms with E-state index in [0.29, 0.717) is 40.5 Å². The van der Waals surface area contributed by atoms with Crippen molar-refractivity contribution in [2.45, 2.75) is 31.6 Å². The summed E-state index contributed by atoms with van der Waals surface area (Å²) >= 11 is 9.99. The highest BCUT2D eigenvalue weighted by molar-refractivity contribution is 9.10. The maximum absolute atomic E-state index is 13.8. The quantitative estimate of drug-likeness (QED) is 0.543. The second-order valence-electron chi connectivity index (χ2n) is 8.53. The molecule has 34 heavy (non-hydrogen) atoms. The number of carbonyl (C=O) groups is 3. The van der Waals surface area contributed by atoms with Gasteiger partial charge in [0.1, 0.15) is 16.8 Å². The maximum Gasteiger partial charge on any atom is 0.339 e. The highest BCUT2D eigenvalue weighted by atomic mass is 79.9. The van der Waals surface area contributed by atoms with Gasteiger partial charge in [0.2, 0.25) is 5.91 Å². The van der Waals surface area contributed by atoms with E-state index in [4.69, 9.17) is 22.1 Å². The minimum Gasteiger partial charge on any atom is -0.466 e. The third kappa shape index (κ3) is 2.98. The van der Waals surface area contributed by atoms with Gasteiger partial charge in [-0.1, -0.05) is 45.2 Å². The molecular formula is C25H21BrClN3O4. The Morgan fingerprint density at radius 1 is 1.21 bits per heavy atom. The lowest BCUT2D eigenvalue weighted by molar-refractivity contribution is -0.138. The Morgan fingerprint density at radius 2 is 1.97 bits per heavy atom. The second-order valence-corrected chi connectivity index (χ2v) is 9.86. The number of methoxy groups -OCH3 is 1. The van der Waals surface area contributed by atoms with E-state index >= 15 is 0 Å². The van der Waals surface area contributed by atoms with Crippen molar-refractivity contribution in [3.8, 4) is 0 Å². The van der Waals surface area contributed by atoms with Crippen LogP contribution in [0.5, 0.6) is 0 Å². The van der Waals surface area contributed by atoms with Crippen LogP contribution in [0.15, 0.2) is 63.5 Å². The molecule has 1 spiro atoms. The van der Waals surface area contributed by atoms with Gasteiger partial charge in [0.05, 0.1) is 17.8 Å². The third-order valence-electron chi connectivity index (χ3n) is 6.61. The molecule has 2 aromatic rings. The number of Topliss-reactive ketones (excluding diaryl/α,β-unsaturated/α-hetero) is 1. The van der Waals surface area contributed by atoms with Gasteiger partial charge in [-0.2, -0.15) is 0 Å². The SMILES string of the molecule is COC(=O)C1=C(N)N(c2ccc(Br)cc2Cl)C2=C(C(=O)CCC2)C12C(=O)Nc1ccc(C)cc12. The van der Waals surface area contributed by atoms with Crippen molar-refractivity contribution < 1.29 is 19.1 Å². The molecule has 0 saturated heterocycles. The lowest BCUT2D eigenvalue weighted by Gasteiger charge is -2.44. The molecule has 2 aromatic carbocycles. The molecule has 7 nitrogen and oxygen atoms in total. The van der Waals surface area contributed by atoms with E-state index in [1.165, 1.54) is 7.11 Å². The van der Waals surface area contributed by atoms with E-state index in [-0.39, 0.29) is 29.2 Å². The fourth-order valence-corrected chi connectivity index (χ4v) is 6.02. The van der Waals surface area contributed by atoms with Gasteiger partial charge in [-0.15, -0.1) is 0 Å². The third-order valence-corrected chi connectivity index (χ3v) is 7.41. The standard InChI is InChI=1S/C25H21BrClN3O4/c1-12-6-8-16-14(10-12)25(24(33)29-16)20-18(4-3-5-19(20)31)30(22(28)21(25)23(32)34-2)17-9-7-13(26)11-15(17)27/h6-11H,3-5,28H2,1-2H3,(H,29,33). The zero-order valence-electron chi connectivity index (χ0n) is 18.5. The van der Waals surface area contributed by atoms with Crippen molar-refractivity contribution in [2.24, 2.45) is 5.73 Å². The van der Waals surface area contributed by atoms with Crippen molar-refractivity contribution in [1.82, 2.24) is 0 Å². The van der Waals surface area contributed by atoms with Crippen LogP contribution in [0.25, 0.3) is 0 Å². The number of esters is 1. The molecular weight excluding hydrogens is 522 g/mol. The van der Waals surface area contributed by atoms with E-state index in [1.807, 2.05) is 19.1 Å². The van der Waals surface area contributed by atoms with E-state index in [1.54, 1.807) is 29.2 Å². The molecule has 0 fully saturated rings. The molecule has 1 unspecified atom stereocenters. The molecule has 0 saturated carbocycles. The number of benzene rings is 2. The molecule has 3 N–H and O–H groups in total. The average Bonchev–Trinajstić information content (AvgIpc) is 3.06. The molecule has 2 aliphatic heterocycles. The van der Waals surface area contributed by atoms with Crippen LogP contribution in [-0.2, 0) is 24.5 Å². The number of amides is 1. The molecule has 2 heterocycles. The number of nitrogens with zero attached hydrogens (tertiary/aromatic N) is 1. The number of aryl methyl sites for hydroxylation is 1. The molecule has 1 amide bonds. The fourth-order valence-electron chi connectivity index (χ4n) is 5.26. The number of halogens is 2. The Balaban J connectivity index is 1.93. The van der Waals surface area contributed by atoms with Crippen molar-refractivity contribution >= 4 is 56.6 Å². The Kier molecular flexibility index (Phi) is 5.33. The predicted octanol–water partition coefficient (Wildman–Crippen LogP) is 4.47. The monoisotopic (exact) mass is 541 g/mol. The smallest absolute Gasteiger partial charge is 0.339 e. The Labute approximate surface area is 209 Å². The summed E-state index contributed by atoms with van der Waals surface area (Å²) in [7, 11) is 1.23. The first-order valence-corrected chi connectivity index (χ1v) is 11.9. The van der Waals surface area contributed by atoms with E-state index in [9.17, 15) is 14.4 Å². The summed E-state index contributed by atoms with van der Waals surface area (Å²) in [5.74, 6) is -1.49. The summed E-state index contributed by atoms with van der Waals surface area (Å²) in [6.07, 6.45) is 1.33. The fraction of sp³-hybridized carbons (Fsp3) is 0.240. The molecule has 1 aliphatic carbocycles. The summed E-state index contributed by atoms with van der Waals surface area (Å²) in [6.45, 7) is 1.89. The number of nitrogens with two attached hydrogens (primary N) is 1. The van der Waals surface area contributed by atoms with Crippen LogP contribution in [0.4, 0.5) is 11.4 Å². The molecule has 1 atom stereocenters. The number of fused-ring (bicyclic) bond motifs is 3. The molecule has 0 bridgehead atoms. The van der Waals surface area contributed by atoms with E-state index in [0.717, 1.165) is 10.0 Å². The second kappa shape index (κ2) is 7.99. The highest BCUT2D eigenvalue weighted by Gasteiger charge is 2.62. The Morgan fingerprint density at radius 3 is 2.68 bits per heavy atom. The first-order chi connectivity index (χ1) is 16.2. The lowest BCUT2D eigenvalue weighted by Crippen LogP contribution is -2.53. The number of nitrogens with one attached hydrogen (secondary N) is 1. The molecule has 0 aromatic heterocycles. The Bertz CT molecular complexity index is 1370. The molecule has 5 rings (SSSR count). The van der Waals surface area contributed by atoms with Gasteiger partial charge in [-0.25, -0.2) is 4.79 Å². The number of anilines is 2. The van der Waals surface area contributed by atoms with Crippen LogP contribution in [0.2, 0.25) is 5.02 Å². The van der Waals surface area contributed by atoms with Crippen molar-refractivity contribution in [3.05, 3.63) is 79.7 Å². The van der Waals surface area contributed by atoms with Crippen molar-refractivity contribution in [1.29, 1.82) is 0 Å². The first-order valence-electron chi connectivity index (χ1n) is 10.7. The van der Waals surface area contributed by atoms with Gasteiger partial charge in [-0.3, -0.25) is 14.5 Å². The zero-order chi connectivity index (χ0) is 24.4. The van der Waals surface area contributed by atoms with Crippen LogP contribution in [0.3, 0.4) is 0 Å². The maximum atomic E-state index is 13.8. The number of ketones is 1. The lowest BCUT2D eigenvalue weighted by atomic mass is 9.63. The van der Waals surface area contributed by atoms with E-state index < -0.39 is 17.3 Å². The topological polar surface area (TPSA) is 102 Å². The first kappa shape index (κ1) is 22.7. The molecule has 0 radical (unpaired) electrons. The van der Waals surface area contributed by atoms with Crippen LogP contribution < -0.4 is 16.0 Å². The van der Waals surface area contributed by atoms with Gasteiger partial charge in [0, 0.05) is 33.4 Å². The summed E-state index contributed by atoms with van der Waals surface area (Å²) in [5, 5.41) is 3.24. The Hall–Kier alpha value is -3.10. The highest BCUT2D eigenvalue weighted by Crippen LogP contribution is 2.56. The van der Waals surface area contributed by atoms with Gasteiger partial charge in [0.25, 0.3) is 0 Å². The summed E-state index contributed by atoms with van der Waals surface area (Å²) in [5.41, 5.74) is 8.15. The van der Waals surface area contributed by atoms with Crippen molar-refractivity contribution in [2.75, 3.05) is 17.3 Å². The minimum atomic E-state index is -1.70. The molecule has 174 valence electrons. The number of rotatable bonds is 2. The van der Waals surface area contributed by atoms with Gasteiger partial charge in [-0.05, 0) is 44.0 Å². The van der Waals surface area contributed by atoms with Crippen LogP contribution >= 0.6 is 27.5 Å². The summed E-state index contributed by atoms with van der Waals surface area (Å²) in [6, 6.07) is 10.7. The van der Waals surface area contributed by atoms with E-state index in [2.05, 4.69) is 21.2 Å². The average molecular weight is 543 g/mol. The van der Waals surface area contributed by atoms with Crippen molar-refractivity contribution in [3.63, 3.8) is 0 Å². The number of hydrogen-bond acceptors (Lipinski definition) is 6. The number of hydrogen-bond donors (Lipinski definition) is 2. The van der Waals surface area contributed by atoms with Crippen LogP contribution in [0, 0.1) is 6.92 Å². The normalized spacial score (nSPS) is 21.6.